The van der Waals surface area contributed by atoms with Gasteiger partial charge in [0, 0.05) is 29.6 Å². The second-order valence-electron chi connectivity index (χ2n) is 4.57. The molecule has 0 amide bonds. The van der Waals surface area contributed by atoms with Gasteiger partial charge in [-0.1, -0.05) is 52.4 Å². The number of unbranched alkanes of at least 4 members (excludes halogenated alkanes) is 4. The summed E-state index contributed by atoms with van der Waals surface area (Å²) >= 11 is 0. The van der Waals surface area contributed by atoms with Gasteiger partial charge in [-0.15, -0.1) is 0 Å². The molecule has 4 nitrogen and oxygen atoms in total. The minimum atomic E-state index is -4.28. The summed E-state index contributed by atoms with van der Waals surface area (Å²) in [6, 6.07) is 0. The summed E-state index contributed by atoms with van der Waals surface area (Å²) in [4.78, 5) is 0. The zero-order valence-corrected chi connectivity index (χ0v) is 14.8. The quantitative estimate of drug-likeness (QED) is 0.360. The maximum Gasteiger partial charge on any atom is 0.397 e. The van der Waals surface area contributed by atoms with E-state index < -0.39 is 10.4 Å². The molecule has 1 radical (unpaired) electrons. The van der Waals surface area contributed by atoms with Gasteiger partial charge in [0.05, 0.1) is 6.61 Å². The van der Waals surface area contributed by atoms with Crippen molar-refractivity contribution in [1.29, 1.82) is 0 Å². The molecule has 0 heterocycles. The van der Waals surface area contributed by atoms with Crippen molar-refractivity contribution < 1.29 is 17.2 Å². The summed E-state index contributed by atoms with van der Waals surface area (Å²) in [7, 11) is -4.28. The van der Waals surface area contributed by atoms with Crippen LogP contribution in [0.15, 0.2) is 0 Å². The van der Waals surface area contributed by atoms with Crippen molar-refractivity contribution in [1.82, 2.24) is 0 Å². The molecule has 105 valence electrons. The fourth-order valence-electron chi connectivity index (χ4n) is 1.85. The number of hydrogen-bond acceptors (Lipinski definition) is 3. The molecule has 0 aliphatic carbocycles. The molecule has 0 bridgehead atoms. The van der Waals surface area contributed by atoms with E-state index in [0.29, 0.717) is 0 Å². The molecule has 0 saturated heterocycles. The summed E-state index contributed by atoms with van der Waals surface area (Å²) in [6.45, 7) is 4.39. The molecule has 0 aromatic rings. The molecule has 0 aromatic heterocycles. The van der Waals surface area contributed by atoms with E-state index in [9.17, 15) is 8.42 Å². The first kappa shape index (κ1) is 21.2. The molecule has 18 heavy (non-hydrogen) atoms. The van der Waals surface area contributed by atoms with Gasteiger partial charge in [0.15, 0.2) is 0 Å². The maximum atomic E-state index is 10.5. The van der Waals surface area contributed by atoms with Crippen molar-refractivity contribution in [3.8, 4) is 0 Å². The van der Waals surface area contributed by atoms with Gasteiger partial charge < -0.3 is 0 Å². The van der Waals surface area contributed by atoms with Gasteiger partial charge >= 0.3 is 10.4 Å². The van der Waals surface area contributed by atoms with Gasteiger partial charge in [-0.05, 0) is 18.8 Å². The van der Waals surface area contributed by atoms with Crippen LogP contribution in [0.3, 0.4) is 0 Å². The Kier molecular flexibility index (Phi) is 15.2. The third kappa shape index (κ3) is 14.9. The second kappa shape index (κ2) is 12.9. The Morgan fingerprint density at radius 2 is 1.56 bits per heavy atom. The van der Waals surface area contributed by atoms with Gasteiger partial charge in [-0.25, -0.2) is 4.18 Å². The van der Waals surface area contributed by atoms with E-state index in [1.54, 1.807) is 0 Å². The number of hydrogen-bond donors (Lipinski definition) is 1. The van der Waals surface area contributed by atoms with Gasteiger partial charge in [0.1, 0.15) is 0 Å². The standard InChI is InChI=1S/C12H26O4S.Na/c1-3-5-7-8-10-12(9-6-4-2)11-16-17(13,14)15;/h12H,3-11H2,1-2H3,(H,13,14,15);. The number of rotatable bonds is 11. The molecular weight excluding hydrogens is 263 g/mol. The van der Waals surface area contributed by atoms with Crippen molar-refractivity contribution in [2.75, 3.05) is 6.61 Å². The smallest absolute Gasteiger partial charge is 0.264 e. The summed E-state index contributed by atoms with van der Waals surface area (Å²) in [5.74, 6) is 0.244. The van der Waals surface area contributed by atoms with Crippen LogP contribution in [0.5, 0.6) is 0 Å². The Morgan fingerprint density at radius 3 is 2.06 bits per heavy atom. The van der Waals surface area contributed by atoms with Crippen LogP contribution >= 0.6 is 0 Å². The Balaban J connectivity index is 0. The fraction of sp³-hybridized carbons (Fsp3) is 1.00. The first-order valence-electron chi connectivity index (χ1n) is 6.61. The van der Waals surface area contributed by atoms with Crippen LogP contribution < -0.4 is 0 Å². The van der Waals surface area contributed by atoms with Crippen LogP contribution in [0, 0.1) is 5.92 Å². The van der Waals surface area contributed by atoms with Crippen molar-refractivity contribution in [2.45, 2.75) is 65.2 Å². The van der Waals surface area contributed by atoms with Crippen molar-refractivity contribution >= 4 is 40.0 Å². The van der Waals surface area contributed by atoms with Crippen LogP contribution in [-0.4, -0.2) is 49.1 Å². The first-order chi connectivity index (χ1) is 7.99. The van der Waals surface area contributed by atoms with E-state index in [4.69, 9.17) is 4.55 Å². The molecule has 1 atom stereocenters. The van der Waals surface area contributed by atoms with Crippen LogP contribution in [0.25, 0.3) is 0 Å². The zero-order chi connectivity index (χ0) is 13.1. The molecule has 0 spiro atoms. The summed E-state index contributed by atoms with van der Waals surface area (Å²) < 4.78 is 34.1. The monoisotopic (exact) mass is 289 g/mol. The summed E-state index contributed by atoms with van der Waals surface area (Å²) in [5.41, 5.74) is 0. The van der Waals surface area contributed by atoms with Crippen LogP contribution in [0.1, 0.15) is 65.2 Å². The van der Waals surface area contributed by atoms with Crippen LogP contribution in [0.4, 0.5) is 0 Å². The van der Waals surface area contributed by atoms with E-state index in [2.05, 4.69) is 18.0 Å². The van der Waals surface area contributed by atoms with Crippen LogP contribution in [-0.2, 0) is 14.6 Å². The summed E-state index contributed by atoms with van der Waals surface area (Å²) in [5, 5.41) is 0. The van der Waals surface area contributed by atoms with Gasteiger partial charge in [-0.3, -0.25) is 4.55 Å². The molecule has 1 N–H and O–H groups in total. The maximum absolute atomic E-state index is 10.5. The Hall–Kier alpha value is 0.870. The Bertz CT molecular complexity index is 267. The van der Waals surface area contributed by atoms with E-state index in [1.165, 1.54) is 19.3 Å². The molecule has 0 rings (SSSR count). The molecule has 0 aliphatic heterocycles. The predicted molar refractivity (Wildman–Crippen MR) is 75.0 cm³/mol. The van der Waals surface area contributed by atoms with Crippen molar-refractivity contribution in [3.63, 3.8) is 0 Å². The molecule has 6 heteroatoms. The zero-order valence-electron chi connectivity index (χ0n) is 12.0. The first-order valence-corrected chi connectivity index (χ1v) is 7.98. The minimum Gasteiger partial charge on any atom is -0.264 e. The van der Waals surface area contributed by atoms with E-state index in [-0.39, 0.29) is 42.1 Å². The second-order valence-corrected chi connectivity index (χ2v) is 5.66. The third-order valence-corrected chi connectivity index (χ3v) is 3.32. The SMILES string of the molecule is CCCCCCC(CCCC)COS(=O)(=O)O.[Na]. The van der Waals surface area contributed by atoms with Gasteiger partial charge in [-0.2, -0.15) is 8.42 Å². The Labute approximate surface area is 134 Å². The van der Waals surface area contributed by atoms with Gasteiger partial charge in [0.25, 0.3) is 0 Å². The molecular formula is C12H26NaO4S. The molecule has 0 aliphatic rings. The minimum absolute atomic E-state index is 0. The van der Waals surface area contributed by atoms with E-state index >= 15 is 0 Å². The third-order valence-electron chi connectivity index (χ3n) is 2.88. The molecule has 0 aromatic carbocycles. The fourth-order valence-corrected chi connectivity index (χ4v) is 2.21. The normalized spacial score (nSPS) is 13.1. The van der Waals surface area contributed by atoms with Crippen LogP contribution in [0.2, 0.25) is 0 Å². The topological polar surface area (TPSA) is 63.6 Å². The predicted octanol–water partition coefficient (Wildman–Crippen LogP) is 3.20. The van der Waals surface area contributed by atoms with Crippen molar-refractivity contribution in [3.05, 3.63) is 0 Å². The largest absolute Gasteiger partial charge is 0.397 e. The molecule has 0 fully saturated rings. The van der Waals surface area contributed by atoms with E-state index in [1.807, 2.05) is 0 Å². The Morgan fingerprint density at radius 1 is 1.00 bits per heavy atom. The van der Waals surface area contributed by atoms with E-state index in [0.717, 1.165) is 32.1 Å². The van der Waals surface area contributed by atoms with Gasteiger partial charge in [0.2, 0.25) is 0 Å². The molecule has 1 unspecified atom stereocenters. The van der Waals surface area contributed by atoms with Crippen molar-refractivity contribution in [2.24, 2.45) is 5.92 Å². The average Bonchev–Trinajstić information content (AvgIpc) is 2.25. The summed E-state index contributed by atoms with van der Waals surface area (Å²) in [6.07, 6.45) is 8.83. The molecule has 0 saturated carbocycles. The average molecular weight is 289 g/mol.